The van der Waals surface area contributed by atoms with E-state index in [0.717, 1.165) is 10.6 Å². The second-order valence-corrected chi connectivity index (χ2v) is 5.04. The molecule has 0 saturated carbocycles. The highest BCUT2D eigenvalue weighted by Crippen LogP contribution is 2.29. The Bertz CT molecular complexity index is 1050. The monoisotopic (exact) mass is 330 g/mol. The lowest BCUT2D eigenvalue weighted by Crippen LogP contribution is -2.24. The normalized spacial score (nSPS) is 11.5. The third kappa shape index (κ3) is 2.60. The van der Waals surface area contributed by atoms with Crippen LogP contribution in [-0.2, 0) is 6.18 Å². The summed E-state index contributed by atoms with van der Waals surface area (Å²) in [5.41, 5.74) is -1.25. The lowest BCUT2D eigenvalue weighted by Gasteiger charge is -2.13. The highest BCUT2D eigenvalue weighted by molar-refractivity contribution is 5.79. The Morgan fingerprint density at radius 1 is 1.17 bits per heavy atom. The van der Waals surface area contributed by atoms with E-state index in [2.05, 4.69) is 9.97 Å². The number of halogens is 3. The van der Waals surface area contributed by atoms with Crippen molar-refractivity contribution in [2.75, 3.05) is 0 Å². The minimum Gasteiger partial charge on any atom is -0.245 e. The first kappa shape index (κ1) is 15.7. The van der Waals surface area contributed by atoms with E-state index < -0.39 is 17.6 Å². The summed E-state index contributed by atoms with van der Waals surface area (Å²) in [6.07, 6.45) is -4.64. The molecule has 3 aromatic rings. The van der Waals surface area contributed by atoms with Crippen LogP contribution in [0.3, 0.4) is 0 Å². The Morgan fingerprint density at radius 2 is 1.92 bits per heavy atom. The molecule has 0 aliphatic carbocycles. The van der Waals surface area contributed by atoms with Gasteiger partial charge in [-0.1, -0.05) is 6.07 Å². The SMILES string of the molecule is Cc1nc(=O)n(-c2cccc(C#N)c2)c2nc(C(F)(F)F)ccc12. The number of fused-ring (bicyclic) bond motifs is 1. The minimum absolute atomic E-state index is 0.155. The summed E-state index contributed by atoms with van der Waals surface area (Å²) in [4.78, 5) is 19.7. The highest BCUT2D eigenvalue weighted by atomic mass is 19.4. The van der Waals surface area contributed by atoms with E-state index in [9.17, 15) is 18.0 Å². The van der Waals surface area contributed by atoms with Crippen molar-refractivity contribution in [2.45, 2.75) is 13.1 Å². The Kier molecular flexibility index (Phi) is 3.56. The first-order valence-corrected chi connectivity index (χ1v) is 6.79. The number of rotatable bonds is 1. The van der Waals surface area contributed by atoms with Gasteiger partial charge in [0.1, 0.15) is 5.69 Å². The van der Waals surface area contributed by atoms with Crippen LogP contribution in [0.15, 0.2) is 41.2 Å². The Hall–Kier alpha value is -3.21. The van der Waals surface area contributed by atoms with Crippen LogP contribution in [0.2, 0.25) is 0 Å². The number of nitriles is 1. The fraction of sp³-hybridized carbons (Fsp3) is 0.125. The zero-order valence-electron chi connectivity index (χ0n) is 12.3. The van der Waals surface area contributed by atoms with Gasteiger partial charge < -0.3 is 0 Å². The van der Waals surface area contributed by atoms with Crippen molar-refractivity contribution in [1.29, 1.82) is 5.26 Å². The molecule has 0 unspecified atom stereocenters. The van der Waals surface area contributed by atoms with Crippen molar-refractivity contribution in [3.05, 3.63) is 63.8 Å². The largest absolute Gasteiger partial charge is 0.433 e. The number of alkyl halides is 3. The molecular weight excluding hydrogens is 321 g/mol. The molecule has 24 heavy (non-hydrogen) atoms. The molecule has 0 atom stereocenters. The zero-order chi connectivity index (χ0) is 17.5. The molecule has 0 radical (unpaired) electrons. The molecule has 0 N–H and O–H groups in total. The second-order valence-electron chi connectivity index (χ2n) is 5.04. The Balaban J connectivity index is 2.42. The summed E-state index contributed by atoms with van der Waals surface area (Å²) in [5, 5.41) is 9.29. The smallest absolute Gasteiger partial charge is 0.245 e. The van der Waals surface area contributed by atoms with Gasteiger partial charge in [-0.25, -0.2) is 14.3 Å². The summed E-state index contributed by atoms with van der Waals surface area (Å²) in [5.74, 6) is 0. The molecule has 0 spiro atoms. The number of nitrogens with zero attached hydrogens (tertiary/aromatic N) is 4. The third-order valence-electron chi connectivity index (χ3n) is 3.46. The molecule has 8 heteroatoms. The number of aromatic nitrogens is 3. The van der Waals surface area contributed by atoms with Gasteiger partial charge in [-0.2, -0.15) is 23.4 Å². The first-order valence-electron chi connectivity index (χ1n) is 6.79. The summed E-state index contributed by atoms with van der Waals surface area (Å²) >= 11 is 0. The molecule has 120 valence electrons. The predicted octanol–water partition coefficient (Wildman–Crippen LogP) is 2.98. The molecule has 0 aliphatic rings. The Labute approximate surface area is 133 Å². The third-order valence-corrected chi connectivity index (χ3v) is 3.46. The van der Waals surface area contributed by atoms with Gasteiger partial charge in [0.05, 0.1) is 23.0 Å². The van der Waals surface area contributed by atoms with Crippen molar-refractivity contribution >= 4 is 11.0 Å². The average Bonchev–Trinajstić information content (AvgIpc) is 2.53. The van der Waals surface area contributed by atoms with Crippen LogP contribution < -0.4 is 5.69 Å². The van der Waals surface area contributed by atoms with Crippen LogP contribution in [0.5, 0.6) is 0 Å². The number of benzene rings is 1. The minimum atomic E-state index is -4.64. The molecule has 0 fully saturated rings. The first-order chi connectivity index (χ1) is 11.3. The van der Waals surface area contributed by atoms with Crippen molar-refractivity contribution in [1.82, 2.24) is 14.5 Å². The van der Waals surface area contributed by atoms with E-state index >= 15 is 0 Å². The summed E-state index contributed by atoms with van der Waals surface area (Å²) in [6.45, 7) is 1.52. The molecule has 0 aliphatic heterocycles. The van der Waals surface area contributed by atoms with E-state index in [1.165, 1.54) is 37.3 Å². The van der Waals surface area contributed by atoms with Gasteiger partial charge in [-0.05, 0) is 37.3 Å². The Morgan fingerprint density at radius 3 is 2.58 bits per heavy atom. The summed E-state index contributed by atoms with van der Waals surface area (Å²) < 4.78 is 39.9. The van der Waals surface area contributed by atoms with Crippen LogP contribution in [-0.4, -0.2) is 14.5 Å². The highest BCUT2D eigenvalue weighted by Gasteiger charge is 2.33. The number of pyridine rings is 1. The fourth-order valence-electron chi connectivity index (χ4n) is 2.35. The van der Waals surface area contributed by atoms with Gasteiger partial charge >= 0.3 is 11.9 Å². The quantitative estimate of drug-likeness (QED) is 0.688. The van der Waals surface area contributed by atoms with E-state index in [1.54, 1.807) is 0 Å². The van der Waals surface area contributed by atoms with Crippen LogP contribution >= 0.6 is 0 Å². The van der Waals surface area contributed by atoms with E-state index in [4.69, 9.17) is 5.26 Å². The molecular formula is C16H9F3N4O. The average molecular weight is 330 g/mol. The zero-order valence-corrected chi connectivity index (χ0v) is 12.3. The van der Waals surface area contributed by atoms with E-state index in [-0.39, 0.29) is 22.6 Å². The van der Waals surface area contributed by atoms with Gasteiger partial charge in [-0.3, -0.25) is 0 Å². The van der Waals surface area contributed by atoms with Crippen LogP contribution in [0.25, 0.3) is 16.7 Å². The van der Waals surface area contributed by atoms with Crippen LogP contribution in [0.1, 0.15) is 17.0 Å². The van der Waals surface area contributed by atoms with Gasteiger partial charge in [0.2, 0.25) is 0 Å². The molecule has 1 aromatic carbocycles. The summed E-state index contributed by atoms with van der Waals surface area (Å²) in [6, 6.07) is 9.93. The molecule has 5 nitrogen and oxygen atoms in total. The summed E-state index contributed by atoms with van der Waals surface area (Å²) in [7, 11) is 0. The molecule has 0 amide bonds. The standard InChI is InChI=1S/C16H9F3N4O/c1-9-12-5-6-13(16(17,18)19)22-14(12)23(15(24)21-9)11-4-2-3-10(7-11)8-20/h2-7H,1H3. The second kappa shape index (κ2) is 5.45. The van der Waals surface area contributed by atoms with E-state index in [1.807, 2.05) is 6.07 Å². The van der Waals surface area contributed by atoms with Crippen molar-refractivity contribution in [3.8, 4) is 11.8 Å². The molecule has 0 bridgehead atoms. The van der Waals surface area contributed by atoms with E-state index in [0.29, 0.717) is 5.39 Å². The maximum absolute atomic E-state index is 13.0. The lowest BCUT2D eigenvalue weighted by molar-refractivity contribution is -0.141. The van der Waals surface area contributed by atoms with Crippen LogP contribution in [0, 0.1) is 18.3 Å². The maximum atomic E-state index is 13.0. The molecule has 0 saturated heterocycles. The molecule has 3 rings (SSSR count). The lowest BCUT2D eigenvalue weighted by atomic mass is 10.2. The van der Waals surface area contributed by atoms with Gasteiger partial charge in [0.25, 0.3) is 0 Å². The number of hydrogen-bond acceptors (Lipinski definition) is 4. The number of aryl methyl sites for hydroxylation is 1. The van der Waals surface area contributed by atoms with Crippen molar-refractivity contribution in [3.63, 3.8) is 0 Å². The van der Waals surface area contributed by atoms with Gasteiger partial charge in [0, 0.05) is 5.39 Å². The molecule has 2 aromatic heterocycles. The van der Waals surface area contributed by atoms with Gasteiger partial charge in [0.15, 0.2) is 5.65 Å². The fourth-order valence-corrected chi connectivity index (χ4v) is 2.35. The van der Waals surface area contributed by atoms with Crippen molar-refractivity contribution < 1.29 is 13.2 Å². The molecule has 2 heterocycles. The van der Waals surface area contributed by atoms with Crippen molar-refractivity contribution in [2.24, 2.45) is 0 Å². The van der Waals surface area contributed by atoms with Gasteiger partial charge in [-0.15, -0.1) is 0 Å². The topological polar surface area (TPSA) is 71.6 Å². The van der Waals surface area contributed by atoms with Crippen LogP contribution in [0.4, 0.5) is 13.2 Å². The number of hydrogen-bond donors (Lipinski definition) is 0. The maximum Gasteiger partial charge on any atom is 0.433 e. The predicted molar refractivity (Wildman–Crippen MR) is 79.6 cm³/mol.